The van der Waals surface area contributed by atoms with Crippen LogP contribution in [0, 0.1) is 10.1 Å². The Hall–Kier alpha value is -3.22. The molecule has 0 saturated heterocycles. The van der Waals surface area contributed by atoms with Crippen LogP contribution in [0.5, 0.6) is 5.75 Å². The number of ether oxygens (including phenoxy) is 2. The van der Waals surface area contributed by atoms with Gasteiger partial charge < -0.3 is 9.47 Å². The average molecular weight is 357 g/mol. The van der Waals surface area contributed by atoms with E-state index in [1.807, 2.05) is 12.1 Å². The first-order valence-electron chi connectivity index (χ1n) is 8.03. The average Bonchev–Trinajstić information content (AvgIpc) is 2.64. The van der Waals surface area contributed by atoms with Crippen LogP contribution in [0.1, 0.15) is 35.7 Å². The van der Waals surface area contributed by atoms with Gasteiger partial charge in [-0.2, -0.15) is 0 Å². The van der Waals surface area contributed by atoms with E-state index in [4.69, 9.17) is 9.47 Å². The molecule has 0 N–H and O–H groups in total. The maximum Gasteiger partial charge on any atom is 0.344 e. The number of nitrogens with zero attached hydrogens (tertiary/aromatic N) is 1. The van der Waals surface area contributed by atoms with Crippen LogP contribution in [0.15, 0.2) is 48.5 Å². The quantitative estimate of drug-likeness (QED) is 0.310. The van der Waals surface area contributed by atoms with Crippen LogP contribution in [0.25, 0.3) is 0 Å². The highest BCUT2D eigenvalue weighted by Gasteiger charge is 2.12. The monoisotopic (exact) mass is 357 g/mol. The molecule has 0 saturated carbocycles. The lowest BCUT2D eigenvalue weighted by molar-refractivity contribution is -0.384. The Morgan fingerprint density at radius 2 is 1.62 bits per heavy atom. The topological polar surface area (TPSA) is 95.7 Å². The highest BCUT2D eigenvalue weighted by Crippen LogP contribution is 2.17. The fraction of sp³-hybridized carbons (Fsp3) is 0.263. The van der Waals surface area contributed by atoms with E-state index in [9.17, 15) is 19.7 Å². The molecule has 7 heteroatoms. The molecule has 0 amide bonds. The molecule has 0 fully saturated rings. The summed E-state index contributed by atoms with van der Waals surface area (Å²) in [6, 6.07) is 12.5. The maximum absolute atomic E-state index is 12.0. The first-order valence-corrected chi connectivity index (χ1v) is 8.03. The van der Waals surface area contributed by atoms with Gasteiger partial charge in [-0.05, 0) is 23.6 Å². The van der Waals surface area contributed by atoms with Crippen molar-refractivity contribution < 1.29 is 24.0 Å². The van der Waals surface area contributed by atoms with Gasteiger partial charge in [0.05, 0.1) is 4.92 Å². The van der Waals surface area contributed by atoms with Crippen molar-refractivity contribution in [2.45, 2.75) is 19.8 Å². The predicted octanol–water partition coefficient (Wildman–Crippen LogP) is 3.52. The number of benzene rings is 2. The first-order chi connectivity index (χ1) is 12.4. The summed E-state index contributed by atoms with van der Waals surface area (Å²) in [6.07, 6.45) is 0. The number of Topliss-reactive ketones (excluding diaryl/α,β-unsaturated/α-hetero) is 1. The van der Waals surface area contributed by atoms with Gasteiger partial charge in [-0.1, -0.05) is 38.1 Å². The molecule has 0 aliphatic carbocycles. The number of hydrogen-bond donors (Lipinski definition) is 0. The third kappa shape index (κ3) is 5.41. The summed E-state index contributed by atoms with van der Waals surface area (Å²) in [5, 5.41) is 10.6. The molecule has 0 heterocycles. The van der Waals surface area contributed by atoms with Crippen molar-refractivity contribution in [2.24, 2.45) is 0 Å². The van der Waals surface area contributed by atoms with Crippen LogP contribution in [-0.4, -0.2) is 29.9 Å². The SMILES string of the molecule is CC(C)c1ccc(C(=O)COC(=O)COc2ccc([N+](=O)[O-])cc2)cc1. The molecule has 0 aromatic heterocycles. The second kappa shape index (κ2) is 8.75. The highest BCUT2D eigenvalue weighted by molar-refractivity contribution is 5.98. The molecule has 0 atom stereocenters. The second-order valence-corrected chi connectivity index (χ2v) is 5.90. The molecular weight excluding hydrogens is 338 g/mol. The van der Waals surface area contributed by atoms with Crippen LogP contribution in [-0.2, 0) is 9.53 Å². The minimum Gasteiger partial charge on any atom is -0.482 e. The van der Waals surface area contributed by atoms with E-state index < -0.39 is 17.5 Å². The van der Waals surface area contributed by atoms with Crippen LogP contribution in [0.3, 0.4) is 0 Å². The summed E-state index contributed by atoms with van der Waals surface area (Å²) in [7, 11) is 0. The summed E-state index contributed by atoms with van der Waals surface area (Å²) >= 11 is 0. The number of nitro groups is 1. The first kappa shape index (κ1) is 19.1. The minimum atomic E-state index is -0.699. The van der Waals surface area contributed by atoms with E-state index in [-0.39, 0.29) is 18.1 Å². The van der Waals surface area contributed by atoms with E-state index in [2.05, 4.69) is 13.8 Å². The van der Waals surface area contributed by atoms with E-state index in [0.29, 0.717) is 17.2 Å². The zero-order valence-corrected chi connectivity index (χ0v) is 14.5. The van der Waals surface area contributed by atoms with Crippen molar-refractivity contribution >= 4 is 17.4 Å². The summed E-state index contributed by atoms with van der Waals surface area (Å²) in [6.45, 7) is 3.36. The Kier molecular flexibility index (Phi) is 6.43. The number of hydrogen-bond acceptors (Lipinski definition) is 6. The molecule has 2 aromatic rings. The van der Waals surface area contributed by atoms with Gasteiger partial charge >= 0.3 is 5.97 Å². The summed E-state index contributed by atoms with van der Waals surface area (Å²) in [4.78, 5) is 33.7. The lowest BCUT2D eigenvalue weighted by Gasteiger charge is -2.08. The van der Waals surface area contributed by atoms with Gasteiger partial charge in [0, 0.05) is 17.7 Å². The van der Waals surface area contributed by atoms with Crippen LogP contribution >= 0.6 is 0 Å². The van der Waals surface area contributed by atoms with Crippen LogP contribution in [0.4, 0.5) is 5.69 Å². The standard InChI is InChI=1S/C19H19NO6/c1-13(2)14-3-5-15(6-4-14)18(21)11-26-19(22)12-25-17-9-7-16(8-10-17)20(23)24/h3-10,13H,11-12H2,1-2H3. The third-order valence-corrected chi connectivity index (χ3v) is 3.67. The minimum absolute atomic E-state index is 0.0750. The molecule has 0 spiro atoms. The van der Waals surface area contributed by atoms with E-state index in [1.165, 1.54) is 24.3 Å². The highest BCUT2D eigenvalue weighted by atomic mass is 16.6. The molecule has 2 aromatic carbocycles. The summed E-state index contributed by atoms with van der Waals surface area (Å²) < 4.78 is 10.1. The van der Waals surface area contributed by atoms with E-state index >= 15 is 0 Å². The number of carbonyl (C=O) groups is 2. The maximum atomic E-state index is 12.0. The molecule has 26 heavy (non-hydrogen) atoms. The fourth-order valence-electron chi connectivity index (χ4n) is 2.13. The number of ketones is 1. The van der Waals surface area contributed by atoms with Crippen molar-refractivity contribution in [3.63, 3.8) is 0 Å². The lowest BCUT2D eigenvalue weighted by Crippen LogP contribution is -2.19. The largest absolute Gasteiger partial charge is 0.482 e. The molecule has 0 radical (unpaired) electrons. The second-order valence-electron chi connectivity index (χ2n) is 5.90. The summed E-state index contributed by atoms with van der Waals surface area (Å²) in [5.74, 6) is -0.337. The Balaban J connectivity index is 1.78. The molecule has 0 bridgehead atoms. The molecular formula is C19H19NO6. The molecule has 2 rings (SSSR count). The Labute approximate surface area is 150 Å². The van der Waals surface area contributed by atoms with Gasteiger partial charge in [0.1, 0.15) is 5.75 Å². The Morgan fingerprint density at radius 3 is 2.15 bits per heavy atom. The number of nitro benzene ring substituents is 1. The molecule has 136 valence electrons. The van der Waals surface area contributed by atoms with Crippen LogP contribution < -0.4 is 4.74 Å². The van der Waals surface area contributed by atoms with Crippen molar-refractivity contribution in [3.8, 4) is 5.75 Å². The van der Waals surface area contributed by atoms with Gasteiger partial charge in [0.2, 0.25) is 0 Å². The van der Waals surface area contributed by atoms with Gasteiger partial charge in [-0.15, -0.1) is 0 Å². The normalized spacial score (nSPS) is 10.4. The summed E-state index contributed by atoms with van der Waals surface area (Å²) in [5.41, 5.74) is 1.52. The van der Waals surface area contributed by atoms with Crippen molar-refractivity contribution in [3.05, 3.63) is 69.8 Å². The zero-order chi connectivity index (χ0) is 19.1. The van der Waals surface area contributed by atoms with Crippen LogP contribution in [0.2, 0.25) is 0 Å². The Bertz CT molecular complexity index is 781. The van der Waals surface area contributed by atoms with Gasteiger partial charge in [-0.3, -0.25) is 14.9 Å². The van der Waals surface area contributed by atoms with Gasteiger partial charge in [0.25, 0.3) is 5.69 Å². The fourth-order valence-corrected chi connectivity index (χ4v) is 2.13. The molecule has 7 nitrogen and oxygen atoms in total. The van der Waals surface area contributed by atoms with E-state index in [0.717, 1.165) is 5.56 Å². The number of rotatable bonds is 8. The van der Waals surface area contributed by atoms with E-state index in [1.54, 1.807) is 12.1 Å². The third-order valence-electron chi connectivity index (χ3n) is 3.67. The molecule has 0 unspecified atom stereocenters. The van der Waals surface area contributed by atoms with Gasteiger partial charge in [-0.25, -0.2) is 4.79 Å². The Morgan fingerprint density at radius 1 is 1.00 bits per heavy atom. The van der Waals surface area contributed by atoms with Crippen molar-refractivity contribution in [1.29, 1.82) is 0 Å². The number of carbonyl (C=O) groups excluding carboxylic acids is 2. The van der Waals surface area contributed by atoms with Crippen molar-refractivity contribution in [2.75, 3.05) is 13.2 Å². The lowest BCUT2D eigenvalue weighted by atomic mass is 10.0. The number of esters is 1. The molecule has 0 aliphatic heterocycles. The predicted molar refractivity (Wildman–Crippen MR) is 94.4 cm³/mol. The number of non-ortho nitro benzene ring substituents is 1. The van der Waals surface area contributed by atoms with Gasteiger partial charge in [0.15, 0.2) is 19.0 Å². The smallest absolute Gasteiger partial charge is 0.344 e. The zero-order valence-electron chi connectivity index (χ0n) is 14.5. The molecule has 0 aliphatic rings. The van der Waals surface area contributed by atoms with Crippen molar-refractivity contribution in [1.82, 2.24) is 0 Å².